The zero-order valence-electron chi connectivity index (χ0n) is 16.9. The number of nitrogens with zero attached hydrogens (tertiary/aromatic N) is 2. The second kappa shape index (κ2) is 8.52. The molecular weight excluding hydrogens is 406 g/mol. The Kier molecular flexibility index (Phi) is 5.81. The number of halogens is 1. The number of hydrogen-bond donors (Lipinski definition) is 1. The molecule has 0 saturated carbocycles. The van der Waals surface area contributed by atoms with Gasteiger partial charge in [0.05, 0.1) is 5.56 Å². The van der Waals surface area contributed by atoms with E-state index >= 15 is 0 Å². The molecule has 7 nitrogen and oxygen atoms in total. The van der Waals surface area contributed by atoms with E-state index < -0.39 is 0 Å². The van der Waals surface area contributed by atoms with Crippen molar-refractivity contribution in [1.82, 2.24) is 9.80 Å². The molecule has 1 fully saturated rings. The summed E-state index contributed by atoms with van der Waals surface area (Å²) in [6, 6.07) is 6.77. The van der Waals surface area contributed by atoms with Crippen LogP contribution in [0.25, 0.3) is 0 Å². The second-order valence-electron chi connectivity index (χ2n) is 7.70. The lowest BCUT2D eigenvalue weighted by Crippen LogP contribution is -2.39. The second-order valence-corrected chi connectivity index (χ2v) is 8.14. The average Bonchev–Trinajstić information content (AvgIpc) is 2.89. The van der Waals surface area contributed by atoms with Gasteiger partial charge in [0.25, 0.3) is 5.91 Å². The van der Waals surface area contributed by atoms with Crippen LogP contribution in [-0.4, -0.2) is 53.7 Å². The number of furan rings is 1. The van der Waals surface area contributed by atoms with Crippen LogP contribution in [0.3, 0.4) is 0 Å². The van der Waals surface area contributed by atoms with Crippen molar-refractivity contribution in [3.8, 4) is 0 Å². The van der Waals surface area contributed by atoms with Gasteiger partial charge in [0.2, 0.25) is 0 Å². The van der Waals surface area contributed by atoms with Gasteiger partial charge in [-0.1, -0.05) is 17.7 Å². The van der Waals surface area contributed by atoms with Gasteiger partial charge in [-0.3, -0.25) is 9.59 Å². The predicted octanol–water partition coefficient (Wildman–Crippen LogP) is 4.14. The van der Waals surface area contributed by atoms with Crippen molar-refractivity contribution in [1.29, 1.82) is 0 Å². The summed E-state index contributed by atoms with van der Waals surface area (Å²) in [7, 11) is 0. The van der Waals surface area contributed by atoms with E-state index in [4.69, 9.17) is 16.0 Å². The summed E-state index contributed by atoms with van der Waals surface area (Å²) in [5, 5.41) is 3.40. The van der Waals surface area contributed by atoms with E-state index in [1.165, 1.54) is 0 Å². The molecule has 0 bridgehead atoms. The summed E-state index contributed by atoms with van der Waals surface area (Å²) in [6.45, 7) is 3.67. The highest BCUT2D eigenvalue weighted by atomic mass is 35.5. The molecule has 1 saturated heterocycles. The minimum Gasteiger partial charge on any atom is -0.455 e. The fourth-order valence-electron chi connectivity index (χ4n) is 4.09. The van der Waals surface area contributed by atoms with Crippen LogP contribution in [0.4, 0.5) is 10.5 Å². The molecule has 2 heterocycles. The van der Waals surface area contributed by atoms with Gasteiger partial charge in [-0.15, -0.1) is 0 Å². The van der Waals surface area contributed by atoms with Crippen molar-refractivity contribution in [3.05, 3.63) is 51.9 Å². The van der Waals surface area contributed by atoms with E-state index in [0.29, 0.717) is 73.0 Å². The molecule has 30 heavy (non-hydrogen) atoms. The van der Waals surface area contributed by atoms with Gasteiger partial charge >= 0.3 is 6.03 Å². The molecule has 158 valence electrons. The maximum absolute atomic E-state index is 13.1. The molecule has 0 unspecified atom stereocenters. The van der Waals surface area contributed by atoms with Crippen LogP contribution >= 0.6 is 11.6 Å². The van der Waals surface area contributed by atoms with Crippen LogP contribution < -0.4 is 5.32 Å². The number of Topliss-reactive ketones (excluding diaryl/α,β-unsaturated/α-hetero) is 1. The molecule has 0 radical (unpaired) electrons. The standard InChI is InChI=1S/C22H24ClN3O4/c1-14-19-17(27)7-3-8-18(19)30-20(14)21(28)25-9-4-10-26(12-11-25)22(29)24-16-6-2-5-15(23)13-16/h2,5-6,13H,3-4,7-12H2,1H3,(H,24,29). The molecule has 1 N–H and O–H groups in total. The zero-order chi connectivity index (χ0) is 21.3. The minimum absolute atomic E-state index is 0.0521. The lowest BCUT2D eigenvalue weighted by molar-refractivity contribution is 0.0727. The smallest absolute Gasteiger partial charge is 0.321 e. The molecule has 2 aromatic rings. The van der Waals surface area contributed by atoms with Crippen LogP contribution in [0, 0.1) is 6.92 Å². The Morgan fingerprint density at radius 3 is 2.60 bits per heavy atom. The maximum Gasteiger partial charge on any atom is 0.321 e. The molecule has 0 atom stereocenters. The number of fused-ring (bicyclic) bond motifs is 1. The molecule has 3 amide bonds. The van der Waals surface area contributed by atoms with E-state index in [9.17, 15) is 14.4 Å². The number of urea groups is 1. The highest BCUT2D eigenvalue weighted by Crippen LogP contribution is 2.30. The molecule has 1 aliphatic carbocycles. The Hall–Kier alpha value is -2.80. The molecule has 8 heteroatoms. The molecule has 1 aromatic heterocycles. The molecule has 1 aromatic carbocycles. The number of hydrogen-bond acceptors (Lipinski definition) is 4. The monoisotopic (exact) mass is 429 g/mol. The quantitative estimate of drug-likeness (QED) is 0.777. The third kappa shape index (κ3) is 4.07. The topological polar surface area (TPSA) is 82.9 Å². The summed E-state index contributed by atoms with van der Waals surface area (Å²) >= 11 is 5.97. The largest absolute Gasteiger partial charge is 0.455 e. The number of nitrogens with one attached hydrogen (secondary N) is 1. The Balaban J connectivity index is 1.42. The highest BCUT2D eigenvalue weighted by Gasteiger charge is 2.31. The van der Waals surface area contributed by atoms with Crippen molar-refractivity contribution in [2.45, 2.75) is 32.6 Å². The van der Waals surface area contributed by atoms with Crippen LogP contribution in [-0.2, 0) is 6.42 Å². The van der Waals surface area contributed by atoms with Crippen molar-refractivity contribution in [3.63, 3.8) is 0 Å². The molecule has 0 spiro atoms. The van der Waals surface area contributed by atoms with Crippen molar-refractivity contribution >= 4 is 35.0 Å². The van der Waals surface area contributed by atoms with Gasteiger partial charge < -0.3 is 19.5 Å². The number of benzene rings is 1. The summed E-state index contributed by atoms with van der Waals surface area (Å²) in [4.78, 5) is 41.3. The van der Waals surface area contributed by atoms with E-state index in [0.717, 1.165) is 6.42 Å². The molecule has 4 rings (SSSR count). The fraction of sp³-hybridized carbons (Fsp3) is 0.409. The van der Waals surface area contributed by atoms with Gasteiger partial charge in [0, 0.05) is 55.3 Å². The Morgan fingerprint density at radius 1 is 1.07 bits per heavy atom. The minimum atomic E-state index is -0.221. The number of rotatable bonds is 2. The van der Waals surface area contributed by atoms with Crippen molar-refractivity contribution in [2.24, 2.45) is 0 Å². The van der Waals surface area contributed by atoms with E-state index in [1.54, 1.807) is 41.0 Å². The lowest BCUT2D eigenvalue weighted by Gasteiger charge is -2.22. The van der Waals surface area contributed by atoms with Crippen LogP contribution in [0.2, 0.25) is 5.02 Å². The molecule has 1 aliphatic heterocycles. The summed E-state index contributed by atoms with van der Waals surface area (Å²) in [5.41, 5.74) is 1.85. The number of carbonyl (C=O) groups is 3. The first-order chi connectivity index (χ1) is 14.4. The van der Waals surface area contributed by atoms with Gasteiger partial charge in [-0.2, -0.15) is 0 Å². The average molecular weight is 430 g/mol. The third-order valence-electron chi connectivity index (χ3n) is 5.65. The fourth-order valence-corrected chi connectivity index (χ4v) is 4.28. The number of carbonyl (C=O) groups excluding carboxylic acids is 3. The Bertz CT molecular complexity index is 1000. The number of anilines is 1. The third-order valence-corrected chi connectivity index (χ3v) is 5.88. The van der Waals surface area contributed by atoms with Gasteiger partial charge in [0.1, 0.15) is 5.76 Å². The lowest BCUT2D eigenvalue weighted by atomic mass is 9.94. The van der Waals surface area contributed by atoms with Crippen molar-refractivity contribution < 1.29 is 18.8 Å². The Labute approximate surface area is 180 Å². The van der Waals surface area contributed by atoms with Gasteiger partial charge in [-0.05, 0) is 38.0 Å². The van der Waals surface area contributed by atoms with Crippen molar-refractivity contribution in [2.75, 3.05) is 31.5 Å². The van der Waals surface area contributed by atoms with Crippen LogP contribution in [0.1, 0.15) is 51.5 Å². The van der Waals surface area contributed by atoms with E-state index in [1.807, 2.05) is 0 Å². The van der Waals surface area contributed by atoms with Gasteiger partial charge in [-0.25, -0.2) is 4.79 Å². The predicted molar refractivity (Wildman–Crippen MR) is 113 cm³/mol. The first-order valence-electron chi connectivity index (χ1n) is 10.2. The number of amides is 3. The SMILES string of the molecule is Cc1c(C(=O)N2CCCN(C(=O)Nc3cccc(Cl)c3)CC2)oc2c1C(=O)CCC2. The summed E-state index contributed by atoms with van der Waals surface area (Å²) < 4.78 is 5.81. The highest BCUT2D eigenvalue weighted by molar-refractivity contribution is 6.30. The zero-order valence-corrected chi connectivity index (χ0v) is 17.6. The maximum atomic E-state index is 13.1. The number of ketones is 1. The normalized spacial score (nSPS) is 16.8. The number of aryl methyl sites for hydroxylation is 1. The first-order valence-corrected chi connectivity index (χ1v) is 10.6. The van der Waals surface area contributed by atoms with E-state index in [2.05, 4.69) is 5.32 Å². The molecule has 2 aliphatic rings. The first kappa shape index (κ1) is 20.5. The Morgan fingerprint density at radius 2 is 1.83 bits per heavy atom. The summed E-state index contributed by atoms with van der Waals surface area (Å²) in [5.74, 6) is 0.722. The summed E-state index contributed by atoms with van der Waals surface area (Å²) in [6.07, 6.45) is 2.61. The van der Waals surface area contributed by atoms with Gasteiger partial charge in [0.15, 0.2) is 11.5 Å². The molecular formula is C22H24ClN3O4. The van der Waals surface area contributed by atoms with Crippen LogP contribution in [0.5, 0.6) is 0 Å². The van der Waals surface area contributed by atoms with Crippen LogP contribution in [0.15, 0.2) is 28.7 Å². The van der Waals surface area contributed by atoms with E-state index in [-0.39, 0.29) is 23.5 Å².